The quantitative estimate of drug-likeness (QED) is 0.711. The summed E-state index contributed by atoms with van der Waals surface area (Å²) in [5, 5.41) is 3.18. The van der Waals surface area contributed by atoms with Gasteiger partial charge in [-0.25, -0.2) is 15.4 Å². The second-order valence-corrected chi connectivity index (χ2v) is 5.91. The Labute approximate surface area is 141 Å². The Morgan fingerprint density at radius 3 is 2.50 bits per heavy atom. The first-order valence-corrected chi connectivity index (χ1v) is 7.87. The van der Waals surface area contributed by atoms with Gasteiger partial charge in [-0.05, 0) is 24.3 Å². The Bertz CT molecular complexity index is 905. The number of hydrogen-bond acceptors (Lipinski definition) is 6. The monoisotopic (exact) mass is 342 g/mol. The summed E-state index contributed by atoms with van der Waals surface area (Å²) in [4.78, 5) is 37.0. The van der Waals surface area contributed by atoms with E-state index in [9.17, 15) is 9.59 Å². The number of hydroxylamine groups is 1. The molecule has 2 aromatic heterocycles. The van der Waals surface area contributed by atoms with E-state index in [0.717, 1.165) is 21.6 Å². The molecule has 0 radical (unpaired) electrons. The van der Waals surface area contributed by atoms with E-state index in [0.29, 0.717) is 10.7 Å². The minimum absolute atomic E-state index is 0.167. The van der Waals surface area contributed by atoms with Crippen LogP contribution in [0.1, 0.15) is 17.3 Å². The van der Waals surface area contributed by atoms with Crippen LogP contribution >= 0.6 is 11.3 Å². The fraction of sp³-hybridized carbons (Fsp3) is 0.125. The molecule has 122 valence electrons. The molecular formula is C16H14N4O3S. The van der Waals surface area contributed by atoms with Crippen molar-refractivity contribution in [1.29, 1.82) is 0 Å². The predicted molar refractivity (Wildman–Crippen MR) is 91.6 cm³/mol. The van der Waals surface area contributed by atoms with Crippen LogP contribution in [0, 0.1) is 0 Å². The van der Waals surface area contributed by atoms with Crippen LogP contribution in [-0.2, 0) is 9.63 Å². The number of nitrogens with one attached hydrogen (secondary N) is 2. The lowest BCUT2D eigenvalue weighted by atomic mass is 10.1. The van der Waals surface area contributed by atoms with E-state index in [1.807, 2.05) is 24.3 Å². The third-order valence-electron chi connectivity index (χ3n) is 3.18. The average Bonchev–Trinajstić information content (AvgIpc) is 2.95. The molecule has 1 aromatic carbocycles. The number of pyridine rings is 1. The number of anilines is 1. The molecule has 0 saturated heterocycles. The van der Waals surface area contributed by atoms with Crippen LogP contribution in [0.4, 0.5) is 5.13 Å². The molecule has 0 aliphatic heterocycles. The number of nitrogens with zero attached hydrogens (tertiary/aromatic N) is 2. The van der Waals surface area contributed by atoms with E-state index < -0.39 is 0 Å². The molecule has 0 unspecified atom stereocenters. The van der Waals surface area contributed by atoms with Gasteiger partial charge < -0.3 is 5.32 Å². The zero-order chi connectivity index (χ0) is 17.1. The van der Waals surface area contributed by atoms with Crippen molar-refractivity contribution < 1.29 is 14.4 Å². The summed E-state index contributed by atoms with van der Waals surface area (Å²) in [7, 11) is 1.38. The SMILES string of the molecule is CONC(=O)c1ccc(-c2ccc3nc(NC(C)=O)sc3n2)cc1. The average molecular weight is 342 g/mol. The highest BCUT2D eigenvalue weighted by molar-refractivity contribution is 7.21. The summed E-state index contributed by atoms with van der Waals surface area (Å²) in [5.41, 5.74) is 5.12. The molecule has 0 aliphatic carbocycles. The van der Waals surface area contributed by atoms with Gasteiger partial charge in [-0.2, -0.15) is 0 Å². The molecule has 3 rings (SSSR count). The topological polar surface area (TPSA) is 93.2 Å². The maximum atomic E-state index is 11.7. The Morgan fingerprint density at radius 2 is 1.83 bits per heavy atom. The highest BCUT2D eigenvalue weighted by atomic mass is 32.1. The van der Waals surface area contributed by atoms with Gasteiger partial charge in [-0.15, -0.1) is 0 Å². The lowest BCUT2D eigenvalue weighted by molar-refractivity contribution is -0.114. The van der Waals surface area contributed by atoms with E-state index in [1.54, 1.807) is 12.1 Å². The number of fused-ring (bicyclic) bond motifs is 1. The molecule has 0 fully saturated rings. The molecule has 7 nitrogen and oxygen atoms in total. The number of benzene rings is 1. The van der Waals surface area contributed by atoms with Crippen molar-refractivity contribution in [2.75, 3.05) is 12.4 Å². The van der Waals surface area contributed by atoms with Crippen LogP contribution in [0.2, 0.25) is 0 Å². The van der Waals surface area contributed by atoms with Gasteiger partial charge in [0.05, 0.1) is 12.8 Å². The first-order chi connectivity index (χ1) is 11.6. The molecule has 2 N–H and O–H groups in total. The van der Waals surface area contributed by atoms with Crippen LogP contribution in [-0.4, -0.2) is 28.9 Å². The van der Waals surface area contributed by atoms with Crippen LogP contribution < -0.4 is 10.8 Å². The van der Waals surface area contributed by atoms with E-state index in [2.05, 4.69) is 25.6 Å². The van der Waals surface area contributed by atoms with E-state index in [-0.39, 0.29) is 11.8 Å². The van der Waals surface area contributed by atoms with Crippen LogP contribution in [0.25, 0.3) is 21.6 Å². The molecule has 3 aromatic rings. The summed E-state index contributed by atoms with van der Waals surface area (Å²) in [6.07, 6.45) is 0. The van der Waals surface area contributed by atoms with Crippen LogP contribution in [0.15, 0.2) is 36.4 Å². The molecule has 2 heterocycles. The number of amides is 2. The number of aromatic nitrogens is 2. The van der Waals surface area contributed by atoms with E-state index in [1.165, 1.54) is 25.4 Å². The molecule has 2 amide bonds. The van der Waals surface area contributed by atoms with E-state index in [4.69, 9.17) is 0 Å². The first kappa shape index (κ1) is 16.0. The Kier molecular flexibility index (Phi) is 4.50. The van der Waals surface area contributed by atoms with Crippen molar-refractivity contribution in [3.63, 3.8) is 0 Å². The molecule has 0 spiro atoms. The summed E-state index contributed by atoms with van der Waals surface area (Å²) in [6, 6.07) is 10.7. The third kappa shape index (κ3) is 3.39. The lowest BCUT2D eigenvalue weighted by Crippen LogP contribution is -2.21. The number of hydrogen-bond donors (Lipinski definition) is 2. The van der Waals surface area contributed by atoms with Crippen LogP contribution in [0.5, 0.6) is 0 Å². The number of carbonyl (C=O) groups excluding carboxylic acids is 2. The summed E-state index contributed by atoms with van der Waals surface area (Å²) >= 11 is 1.31. The summed E-state index contributed by atoms with van der Waals surface area (Å²) in [6.45, 7) is 1.44. The Hall–Kier alpha value is -2.84. The zero-order valence-electron chi connectivity index (χ0n) is 13.0. The molecule has 0 bridgehead atoms. The smallest absolute Gasteiger partial charge is 0.274 e. The standard InChI is InChI=1S/C16H14N4O3S/c1-9(21)17-16-19-13-8-7-12(18-15(13)24-16)10-3-5-11(6-4-10)14(22)20-23-2/h3-8H,1-2H3,(H,20,22)(H,17,19,21). The Balaban J connectivity index is 1.88. The van der Waals surface area contributed by atoms with E-state index >= 15 is 0 Å². The highest BCUT2D eigenvalue weighted by Crippen LogP contribution is 2.27. The second kappa shape index (κ2) is 6.73. The van der Waals surface area contributed by atoms with Crippen molar-refractivity contribution in [3.05, 3.63) is 42.0 Å². The molecule has 0 aliphatic rings. The lowest BCUT2D eigenvalue weighted by Gasteiger charge is -2.04. The number of thiazole rings is 1. The molecular weight excluding hydrogens is 328 g/mol. The second-order valence-electron chi connectivity index (χ2n) is 4.93. The summed E-state index contributed by atoms with van der Waals surface area (Å²) < 4.78 is 0. The highest BCUT2D eigenvalue weighted by Gasteiger charge is 2.09. The number of rotatable bonds is 4. The van der Waals surface area contributed by atoms with Gasteiger partial charge in [0.2, 0.25) is 5.91 Å². The minimum Gasteiger partial charge on any atom is -0.302 e. The van der Waals surface area contributed by atoms with Crippen molar-refractivity contribution in [1.82, 2.24) is 15.4 Å². The van der Waals surface area contributed by atoms with Crippen LogP contribution in [0.3, 0.4) is 0 Å². The van der Waals surface area contributed by atoms with Gasteiger partial charge in [-0.1, -0.05) is 23.5 Å². The van der Waals surface area contributed by atoms with Gasteiger partial charge >= 0.3 is 0 Å². The number of carbonyl (C=O) groups is 2. The van der Waals surface area contributed by atoms with Crippen molar-refractivity contribution >= 4 is 38.6 Å². The fourth-order valence-electron chi connectivity index (χ4n) is 2.13. The molecule has 8 heteroatoms. The zero-order valence-corrected chi connectivity index (χ0v) is 13.8. The van der Waals surface area contributed by atoms with Gasteiger partial charge in [0.25, 0.3) is 5.91 Å². The predicted octanol–water partition coefficient (Wildman–Crippen LogP) is 2.61. The normalized spacial score (nSPS) is 10.6. The first-order valence-electron chi connectivity index (χ1n) is 7.06. The maximum Gasteiger partial charge on any atom is 0.274 e. The van der Waals surface area contributed by atoms with Crippen molar-refractivity contribution in [2.45, 2.75) is 6.92 Å². The van der Waals surface area contributed by atoms with Crippen molar-refractivity contribution in [3.8, 4) is 11.3 Å². The van der Waals surface area contributed by atoms with Crippen molar-refractivity contribution in [2.24, 2.45) is 0 Å². The summed E-state index contributed by atoms with van der Waals surface area (Å²) in [5.74, 6) is -0.478. The third-order valence-corrected chi connectivity index (χ3v) is 4.06. The molecule has 0 atom stereocenters. The Morgan fingerprint density at radius 1 is 1.08 bits per heavy atom. The minimum atomic E-state index is -0.310. The maximum absolute atomic E-state index is 11.7. The van der Waals surface area contributed by atoms with Gasteiger partial charge in [-0.3, -0.25) is 14.4 Å². The molecule has 24 heavy (non-hydrogen) atoms. The van der Waals surface area contributed by atoms with Gasteiger partial charge in [0, 0.05) is 18.1 Å². The van der Waals surface area contributed by atoms with Gasteiger partial charge in [0.15, 0.2) is 5.13 Å². The fourth-order valence-corrected chi connectivity index (χ4v) is 3.01. The van der Waals surface area contributed by atoms with Gasteiger partial charge in [0.1, 0.15) is 10.3 Å². The molecule has 0 saturated carbocycles. The largest absolute Gasteiger partial charge is 0.302 e.